The molecular weight excluding hydrogens is 283 g/mol. The molecule has 2 aromatic heterocycles. The van der Waals surface area contributed by atoms with Crippen molar-refractivity contribution in [3.8, 4) is 11.3 Å². The van der Waals surface area contributed by atoms with E-state index in [4.69, 9.17) is 0 Å². The molecule has 1 N–H and O–H groups in total. The zero-order valence-corrected chi connectivity index (χ0v) is 12.3. The van der Waals surface area contributed by atoms with E-state index in [0.717, 1.165) is 16.8 Å². The van der Waals surface area contributed by atoms with E-state index in [1.807, 2.05) is 13.2 Å². The molecule has 5 nitrogen and oxygen atoms in total. The molecule has 112 valence electrons. The van der Waals surface area contributed by atoms with Crippen molar-refractivity contribution in [2.75, 3.05) is 0 Å². The molecule has 0 spiro atoms. The van der Waals surface area contributed by atoms with Gasteiger partial charge in [0.1, 0.15) is 11.6 Å². The summed E-state index contributed by atoms with van der Waals surface area (Å²) in [6, 6.07) is 7.68. The van der Waals surface area contributed by atoms with E-state index in [0.29, 0.717) is 17.9 Å². The molecule has 0 bridgehead atoms. The predicted molar refractivity (Wildman–Crippen MR) is 81.0 cm³/mol. The Kier molecular flexibility index (Phi) is 3.58. The van der Waals surface area contributed by atoms with Crippen LogP contribution >= 0.6 is 0 Å². The van der Waals surface area contributed by atoms with Crippen LogP contribution in [-0.2, 0) is 13.5 Å². The highest BCUT2D eigenvalue weighted by molar-refractivity contribution is 5.63. The van der Waals surface area contributed by atoms with Crippen molar-refractivity contribution in [3.05, 3.63) is 69.8 Å². The first-order valence-corrected chi connectivity index (χ1v) is 6.86. The Bertz CT molecular complexity index is 865. The standard InChI is InChI=1S/C16H15FN4O/c1-10-18-14(8-15(22)19-10)7-12-9-21(2)20-16(12)11-3-5-13(17)6-4-11/h3-6,8-9H,7H2,1-2H3,(H,18,19,22). The van der Waals surface area contributed by atoms with Gasteiger partial charge in [-0.2, -0.15) is 5.10 Å². The van der Waals surface area contributed by atoms with Gasteiger partial charge in [0.2, 0.25) is 0 Å². The van der Waals surface area contributed by atoms with Gasteiger partial charge in [-0.05, 0) is 31.2 Å². The first-order valence-electron chi connectivity index (χ1n) is 6.86. The van der Waals surface area contributed by atoms with Gasteiger partial charge in [-0.1, -0.05) is 0 Å². The molecule has 6 heteroatoms. The van der Waals surface area contributed by atoms with Crippen molar-refractivity contribution in [1.82, 2.24) is 19.7 Å². The van der Waals surface area contributed by atoms with Crippen LogP contribution in [0, 0.1) is 12.7 Å². The quantitative estimate of drug-likeness (QED) is 0.806. The fourth-order valence-electron chi connectivity index (χ4n) is 2.44. The number of aromatic amines is 1. The van der Waals surface area contributed by atoms with Gasteiger partial charge in [-0.3, -0.25) is 9.48 Å². The number of H-pyrrole nitrogens is 1. The second-order valence-corrected chi connectivity index (χ2v) is 5.18. The van der Waals surface area contributed by atoms with Crippen LogP contribution in [0.25, 0.3) is 11.3 Å². The molecule has 0 aliphatic rings. The maximum atomic E-state index is 13.1. The molecule has 22 heavy (non-hydrogen) atoms. The van der Waals surface area contributed by atoms with Gasteiger partial charge in [-0.15, -0.1) is 0 Å². The topological polar surface area (TPSA) is 63.6 Å². The van der Waals surface area contributed by atoms with Crippen LogP contribution in [0.3, 0.4) is 0 Å². The van der Waals surface area contributed by atoms with Crippen LogP contribution in [0.1, 0.15) is 17.1 Å². The fraction of sp³-hybridized carbons (Fsp3) is 0.188. The number of halogens is 1. The maximum Gasteiger partial charge on any atom is 0.251 e. The Hall–Kier alpha value is -2.76. The zero-order valence-electron chi connectivity index (χ0n) is 12.3. The number of rotatable bonds is 3. The van der Waals surface area contributed by atoms with E-state index in [1.54, 1.807) is 23.7 Å². The summed E-state index contributed by atoms with van der Waals surface area (Å²) in [5.74, 6) is 0.294. The third kappa shape index (κ3) is 2.95. The molecule has 0 amide bonds. The summed E-state index contributed by atoms with van der Waals surface area (Å²) in [6.07, 6.45) is 2.38. The van der Waals surface area contributed by atoms with Gasteiger partial charge >= 0.3 is 0 Å². The number of aryl methyl sites for hydroxylation is 2. The van der Waals surface area contributed by atoms with Gasteiger partial charge in [0.25, 0.3) is 5.56 Å². The maximum absolute atomic E-state index is 13.1. The Morgan fingerprint density at radius 3 is 2.68 bits per heavy atom. The van der Waals surface area contributed by atoms with Gasteiger partial charge in [0, 0.05) is 36.9 Å². The number of nitrogens with one attached hydrogen (secondary N) is 1. The Labute approximate surface area is 126 Å². The molecule has 0 aliphatic carbocycles. The molecule has 0 atom stereocenters. The van der Waals surface area contributed by atoms with Crippen molar-refractivity contribution >= 4 is 0 Å². The lowest BCUT2D eigenvalue weighted by Gasteiger charge is -2.03. The van der Waals surface area contributed by atoms with E-state index < -0.39 is 0 Å². The molecule has 3 aromatic rings. The van der Waals surface area contributed by atoms with E-state index >= 15 is 0 Å². The van der Waals surface area contributed by atoms with Gasteiger partial charge in [0.15, 0.2) is 0 Å². The van der Waals surface area contributed by atoms with E-state index in [9.17, 15) is 9.18 Å². The third-order valence-corrected chi connectivity index (χ3v) is 3.31. The number of hydrogen-bond donors (Lipinski definition) is 1. The molecule has 0 unspecified atom stereocenters. The Morgan fingerprint density at radius 1 is 1.27 bits per heavy atom. The highest BCUT2D eigenvalue weighted by atomic mass is 19.1. The summed E-state index contributed by atoms with van der Waals surface area (Å²) >= 11 is 0. The summed E-state index contributed by atoms with van der Waals surface area (Å²) in [4.78, 5) is 18.5. The minimum absolute atomic E-state index is 0.172. The average molecular weight is 298 g/mol. The largest absolute Gasteiger partial charge is 0.311 e. The smallest absolute Gasteiger partial charge is 0.251 e. The van der Waals surface area contributed by atoms with Crippen molar-refractivity contribution in [2.45, 2.75) is 13.3 Å². The van der Waals surface area contributed by atoms with E-state index in [1.165, 1.54) is 18.2 Å². The molecule has 0 saturated heterocycles. The number of aromatic nitrogens is 4. The lowest BCUT2D eigenvalue weighted by molar-refractivity contribution is 0.628. The highest BCUT2D eigenvalue weighted by Crippen LogP contribution is 2.23. The first-order chi connectivity index (χ1) is 10.5. The van der Waals surface area contributed by atoms with Crippen molar-refractivity contribution in [1.29, 1.82) is 0 Å². The van der Waals surface area contributed by atoms with E-state index in [2.05, 4.69) is 15.1 Å². The lowest BCUT2D eigenvalue weighted by atomic mass is 10.0. The third-order valence-electron chi connectivity index (χ3n) is 3.31. The average Bonchev–Trinajstić information content (AvgIpc) is 2.79. The lowest BCUT2D eigenvalue weighted by Crippen LogP contribution is -2.10. The molecule has 0 fully saturated rings. The van der Waals surface area contributed by atoms with Gasteiger partial charge in [0.05, 0.1) is 11.4 Å². The van der Waals surface area contributed by atoms with E-state index in [-0.39, 0.29) is 11.4 Å². The van der Waals surface area contributed by atoms with Crippen molar-refractivity contribution in [3.63, 3.8) is 0 Å². The minimum atomic E-state index is -0.284. The molecule has 0 radical (unpaired) electrons. The summed E-state index contributed by atoms with van der Waals surface area (Å²) in [7, 11) is 1.83. The fourth-order valence-corrected chi connectivity index (χ4v) is 2.44. The molecule has 3 rings (SSSR count). The molecule has 2 heterocycles. The molecule has 0 aliphatic heterocycles. The second-order valence-electron chi connectivity index (χ2n) is 5.18. The minimum Gasteiger partial charge on any atom is -0.311 e. The first kappa shape index (κ1) is 14.2. The number of benzene rings is 1. The van der Waals surface area contributed by atoms with Gasteiger partial charge < -0.3 is 4.98 Å². The monoisotopic (exact) mass is 298 g/mol. The van der Waals surface area contributed by atoms with Crippen LogP contribution in [0.5, 0.6) is 0 Å². The number of nitrogens with zero attached hydrogens (tertiary/aromatic N) is 3. The van der Waals surface area contributed by atoms with Crippen LogP contribution in [-0.4, -0.2) is 19.7 Å². The van der Waals surface area contributed by atoms with Crippen LogP contribution < -0.4 is 5.56 Å². The summed E-state index contributed by atoms with van der Waals surface area (Å²) in [6.45, 7) is 1.75. The second kappa shape index (κ2) is 5.55. The predicted octanol–water partition coefficient (Wildman–Crippen LogP) is 2.21. The Morgan fingerprint density at radius 2 is 2.00 bits per heavy atom. The van der Waals surface area contributed by atoms with Crippen molar-refractivity contribution < 1.29 is 4.39 Å². The summed E-state index contributed by atoms with van der Waals surface area (Å²) < 4.78 is 14.8. The summed E-state index contributed by atoms with van der Waals surface area (Å²) in [5, 5.41) is 4.43. The number of hydrogen-bond acceptors (Lipinski definition) is 3. The van der Waals surface area contributed by atoms with Crippen LogP contribution in [0.15, 0.2) is 41.3 Å². The van der Waals surface area contributed by atoms with Crippen LogP contribution in [0.2, 0.25) is 0 Å². The SMILES string of the molecule is Cc1nc(Cc2cn(C)nc2-c2ccc(F)cc2)cc(=O)[nH]1. The normalized spacial score (nSPS) is 10.9. The molecule has 0 saturated carbocycles. The van der Waals surface area contributed by atoms with Crippen molar-refractivity contribution in [2.24, 2.45) is 7.05 Å². The highest BCUT2D eigenvalue weighted by Gasteiger charge is 2.12. The zero-order chi connectivity index (χ0) is 15.7. The summed E-state index contributed by atoms with van der Waals surface area (Å²) in [5.41, 5.74) is 3.04. The Balaban J connectivity index is 2.01. The van der Waals surface area contributed by atoms with Crippen LogP contribution in [0.4, 0.5) is 4.39 Å². The molecule has 1 aromatic carbocycles. The molecular formula is C16H15FN4O. The van der Waals surface area contributed by atoms with Gasteiger partial charge in [-0.25, -0.2) is 9.37 Å².